The summed E-state index contributed by atoms with van der Waals surface area (Å²) in [5.41, 5.74) is 4.86. The molecule has 0 heterocycles. The van der Waals surface area contributed by atoms with Crippen molar-refractivity contribution in [2.24, 2.45) is 5.73 Å². The molecule has 1 amide bonds. The molecule has 15 heavy (non-hydrogen) atoms. The number of rotatable bonds is 1. The molecule has 0 saturated carbocycles. The Bertz CT molecular complexity index is 315. The van der Waals surface area contributed by atoms with E-state index in [2.05, 4.69) is 5.73 Å². The summed E-state index contributed by atoms with van der Waals surface area (Å²) in [4.78, 5) is 8.78. The van der Waals surface area contributed by atoms with Crippen LogP contribution in [0.4, 0.5) is 4.79 Å². The largest absolute Gasteiger partial charge is 0.508 e. The number of nitrogens with two attached hydrogens (primary N) is 1. The second kappa shape index (κ2) is 6.14. The predicted molar refractivity (Wildman–Crippen MR) is 59.4 cm³/mol. The van der Waals surface area contributed by atoms with Gasteiger partial charge in [0.1, 0.15) is 5.75 Å². The van der Waals surface area contributed by atoms with Crippen molar-refractivity contribution in [3.05, 3.63) is 28.8 Å². The topological polar surface area (TPSA) is 83.5 Å². The third-order valence-electron chi connectivity index (χ3n) is 1.61. The van der Waals surface area contributed by atoms with Gasteiger partial charge >= 0.3 is 6.09 Å². The van der Waals surface area contributed by atoms with Gasteiger partial charge in [0.25, 0.3) is 0 Å². The quantitative estimate of drug-likeness (QED) is 0.695. The van der Waals surface area contributed by atoms with Gasteiger partial charge in [-0.1, -0.05) is 31.5 Å². The number of aromatic hydroxyl groups is 1. The predicted octanol–water partition coefficient (Wildman–Crippen LogP) is 2.79. The van der Waals surface area contributed by atoms with Crippen molar-refractivity contribution in [3.8, 4) is 5.75 Å². The van der Waals surface area contributed by atoms with Crippen LogP contribution < -0.4 is 5.73 Å². The summed E-state index contributed by atoms with van der Waals surface area (Å²) in [7, 11) is 0. The third kappa shape index (κ3) is 5.12. The molecule has 0 saturated heterocycles. The highest BCUT2D eigenvalue weighted by Gasteiger charge is 2.08. The van der Waals surface area contributed by atoms with Gasteiger partial charge < -0.3 is 15.9 Å². The lowest BCUT2D eigenvalue weighted by molar-refractivity contribution is 0.205. The molecule has 0 aliphatic carbocycles. The number of phenols is 1. The van der Waals surface area contributed by atoms with Crippen LogP contribution in [0.2, 0.25) is 5.02 Å². The van der Waals surface area contributed by atoms with Crippen LogP contribution in [0.3, 0.4) is 0 Å². The molecule has 1 aromatic rings. The Hall–Kier alpha value is -1.42. The van der Waals surface area contributed by atoms with E-state index < -0.39 is 6.09 Å². The van der Waals surface area contributed by atoms with Crippen molar-refractivity contribution in [2.75, 3.05) is 0 Å². The number of amides is 1. The van der Waals surface area contributed by atoms with Crippen LogP contribution in [0.5, 0.6) is 5.75 Å². The molecule has 0 atom stereocenters. The first kappa shape index (κ1) is 13.6. The molecule has 4 nitrogen and oxygen atoms in total. The molecular formula is C10H14ClNO3. The summed E-state index contributed by atoms with van der Waals surface area (Å²) < 4.78 is 0. The van der Waals surface area contributed by atoms with E-state index in [1.807, 2.05) is 13.8 Å². The summed E-state index contributed by atoms with van der Waals surface area (Å²) in [6.45, 7) is 4.00. The number of carbonyl (C=O) groups is 1. The van der Waals surface area contributed by atoms with Gasteiger partial charge in [-0.3, -0.25) is 0 Å². The molecule has 0 radical (unpaired) electrons. The Morgan fingerprint density at radius 3 is 2.20 bits per heavy atom. The molecule has 0 fully saturated rings. The minimum atomic E-state index is -1.33. The van der Waals surface area contributed by atoms with Gasteiger partial charge in [0.05, 0.1) is 0 Å². The smallest absolute Gasteiger partial charge is 0.402 e. The molecule has 0 bridgehead atoms. The van der Waals surface area contributed by atoms with Crippen LogP contribution in [0.1, 0.15) is 25.3 Å². The van der Waals surface area contributed by atoms with E-state index in [1.165, 1.54) is 0 Å². The lowest BCUT2D eigenvalue weighted by atomic mass is 10.0. The molecule has 0 aromatic heterocycles. The second-order valence-corrected chi connectivity index (χ2v) is 3.57. The number of phenolic OH excluding ortho intramolecular Hbond substituents is 1. The van der Waals surface area contributed by atoms with Crippen molar-refractivity contribution in [1.82, 2.24) is 0 Å². The van der Waals surface area contributed by atoms with Crippen molar-refractivity contribution >= 4 is 17.7 Å². The van der Waals surface area contributed by atoms with E-state index in [0.29, 0.717) is 5.02 Å². The standard InChI is InChI=1S/C9H11ClO.CH3NO2/c1-6(2)9-7(10)4-3-5-8(9)11;2-1(3)4/h3-6,11H,1-2H3;2H2,(H,3,4). The minimum Gasteiger partial charge on any atom is -0.508 e. The highest BCUT2D eigenvalue weighted by molar-refractivity contribution is 6.31. The molecule has 1 aromatic carbocycles. The lowest BCUT2D eigenvalue weighted by Crippen LogP contribution is -2.03. The van der Waals surface area contributed by atoms with E-state index in [-0.39, 0.29) is 11.7 Å². The monoisotopic (exact) mass is 231 g/mol. The number of primary amides is 1. The Balaban J connectivity index is 0.000000423. The number of hydrogen-bond donors (Lipinski definition) is 3. The minimum absolute atomic E-state index is 0.267. The zero-order valence-corrected chi connectivity index (χ0v) is 9.32. The maximum absolute atomic E-state index is 9.38. The van der Waals surface area contributed by atoms with Crippen LogP contribution in [0.25, 0.3) is 0 Å². The fraction of sp³-hybridized carbons (Fsp3) is 0.300. The Labute approximate surface area is 93.3 Å². The molecule has 4 N–H and O–H groups in total. The number of halogens is 1. The fourth-order valence-electron chi connectivity index (χ4n) is 1.10. The molecule has 0 spiro atoms. The normalized spacial score (nSPS) is 9.33. The molecule has 5 heteroatoms. The summed E-state index contributed by atoms with van der Waals surface area (Å²) in [5.74, 6) is 0.552. The van der Waals surface area contributed by atoms with Gasteiger partial charge in [0.2, 0.25) is 0 Å². The summed E-state index contributed by atoms with van der Waals surface area (Å²) in [5, 5.41) is 17.2. The van der Waals surface area contributed by atoms with Gasteiger partial charge in [-0.2, -0.15) is 0 Å². The molecule has 0 unspecified atom stereocenters. The Morgan fingerprint density at radius 2 is 1.93 bits per heavy atom. The zero-order valence-electron chi connectivity index (χ0n) is 8.57. The maximum Gasteiger partial charge on any atom is 0.402 e. The van der Waals surface area contributed by atoms with E-state index in [1.54, 1.807) is 18.2 Å². The first-order valence-corrected chi connectivity index (χ1v) is 4.69. The number of carboxylic acid groups (broad SMARTS) is 1. The highest BCUT2D eigenvalue weighted by atomic mass is 35.5. The highest BCUT2D eigenvalue weighted by Crippen LogP contribution is 2.31. The van der Waals surface area contributed by atoms with Gasteiger partial charge in [-0.05, 0) is 18.1 Å². The van der Waals surface area contributed by atoms with E-state index in [9.17, 15) is 5.11 Å². The van der Waals surface area contributed by atoms with Gasteiger partial charge in [0, 0.05) is 10.6 Å². The van der Waals surface area contributed by atoms with E-state index >= 15 is 0 Å². The lowest BCUT2D eigenvalue weighted by Gasteiger charge is -2.09. The SMILES string of the molecule is CC(C)c1c(O)cccc1Cl.NC(=O)O. The van der Waals surface area contributed by atoms with Crippen molar-refractivity contribution in [2.45, 2.75) is 19.8 Å². The van der Waals surface area contributed by atoms with Crippen molar-refractivity contribution in [1.29, 1.82) is 0 Å². The Morgan fingerprint density at radius 1 is 1.47 bits per heavy atom. The zero-order chi connectivity index (χ0) is 12.0. The summed E-state index contributed by atoms with van der Waals surface area (Å²) in [6.07, 6.45) is -1.33. The molecule has 0 aliphatic rings. The van der Waals surface area contributed by atoms with Crippen LogP contribution in [-0.2, 0) is 0 Å². The number of benzene rings is 1. The summed E-state index contributed by atoms with van der Waals surface area (Å²) in [6, 6.07) is 5.18. The van der Waals surface area contributed by atoms with Gasteiger partial charge in [-0.25, -0.2) is 4.79 Å². The van der Waals surface area contributed by atoms with E-state index in [0.717, 1.165) is 5.56 Å². The molecular weight excluding hydrogens is 218 g/mol. The van der Waals surface area contributed by atoms with E-state index in [4.69, 9.17) is 21.5 Å². The average molecular weight is 232 g/mol. The van der Waals surface area contributed by atoms with Crippen molar-refractivity contribution in [3.63, 3.8) is 0 Å². The van der Waals surface area contributed by atoms with Crippen molar-refractivity contribution < 1.29 is 15.0 Å². The third-order valence-corrected chi connectivity index (χ3v) is 1.94. The molecule has 1 rings (SSSR count). The van der Waals surface area contributed by atoms with Crippen LogP contribution in [0.15, 0.2) is 18.2 Å². The number of hydrogen-bond acceptors (Lipinski definition) is 2. The molecule has 0 aliphatic heterocycles. The fourth-order valence-corrected chi connectivity index (χ4v) is 1.48. The first-order valence-electron chi connectivity index (χ1n) is 4.32. The summed E-state index contributed by atoms with van der Waals surface area (Å²) >= 11 is 5.86. The van der Waals surface area contributed by atoms with Gasteiger partial charge in [0.15, 0.2) is 0 Å². The molecule has 84 valence electrons. The Kier molecular flexibility index (Phi) is 5.56. The van der Waals surface area contributed by atoms with Crippen LogP contribution in [-0.4, -0.2) is 16.3 Å². The average Bonchev–Trinajstić information content (AvgIpc) is 2.01. The maximum atomic E-state index is 9.38. The second-order valence-electron chi connectivity index (χ2n) is 3.17. The van der Waals surface area contributed by atoms with Crippen LogP contribution in [0, 0.1) is 0 Å². The van der Waals surface area contributed by atoms with Gasteiger partial charge in [-0.15, -0.1) is 0 Å². The van der Waals surface area contributed by atoms with Crippen LogP contribution >= 0.6 is 11.6 Å². The first-order chi connectivity index (χ1) is 6.86.